The van der Waals surface area contributed by atoms with Crippen molar-refractivity contribution in [3.05, 3.63) is 69.8 Å². The molecule has 0 aromatic heterocycles. The van der Waals surface area contributed by atoms with E-state index in [1.165, 1.54) is 31.2 Å². The highest BCUT2D eigenvalue weighted by atomic mass is 16.6. The average molecular weight is 394 g/mol. The molecule has 1 atom stereocenters. The highest BCUT2D eigenvalue weighted by molar-refractivity contribution is 6.10. The normalized spacial score (nSPS) is 20.6. The summed E-state index contributed by atoms with van der Waals surface area (Å²) < 4.78 is 0. The maximum atomic E-state index is 13.0. The van der Waals surface area contributed by atoms with E-state index in [1.807, 2.05) is 24.3 Å². The molecule has 2 heterocycles. The van der Waals surface area contributed by atoms with E-state index in [4.69, 9.17) is 0 Å². The maximum Gasteiger partial charge on any atom is 0.325 e. The quantitative estimate of drug-likeness (QED) is 0.484. The minimum absolute atomic E-state index is 0.117. The van der Waals surface area contributed by atoms with E-state index < -0.39 is 22.4 Å². The Bertz CT molecular complexity index is 1040. The molecule has 0 aliphatic carbocycles. The van der Waals surface area contributed by atoms with Gasteiger partial charge in [-0.25, -0.2) is 4.79 Å². The third kappa shape index (κ3) is 3.00. The topological polar surface area (TPSA) is 113 Å². The van der Waals surface area contributed by atoms with Gasteiger partial charge in [0.05, 0.1) is 4.92 Å². The zero-order chi connectivity index (χ0) is 20.8. The summed E-state index contributed by atoms with van der Waals surface area (Å²) in [5, 5.41) is 13.4. The van der Waals surface area contributed by atoms with Gasteiger partial charge in [-0.1, -0.05) is 18.2 Å². The number of benzene rings is 2. The molecule has 2 aliphatic heterocycles. The Labute approximate surface area is 166 Å². The number of nitrogens with one attached hydrogen (secondary N) is 1. The van der Waals surface area contributed by atoms with Crippen molar-refractivity contribution >= 4 is 29.2 Å². The number of para-hydroxylation sites is 1. The van der Waals surface area contributed by atoms with E-state index in [0.717, 1.165) is 22.6 Å². The standard InChI is InChI=1S/C20H18N4O5/c1-20(14-6-8-15(9-7-14)24(28)29)18(26)23(19(27)21-20)12-17(25)22-11-10-13-4-2-3-5-16(13)22/h2-9H,10-12H2,1H3,(H,21,27)/t20-/m1/s1. The number of urea groups is 1. The molecule has 2 aliphatic rings. The van der Waals surface area contributed by atoms with Crippen molar-refractivity contribution < 1.29 is 19.3 Å². The number of carbonyl (C=O) groups is 3. The van der Waals surface area contributed by atoms with Crippen molar-refractivity contribution in [1.82, 2.24) is 10.2 Å². The van der Waals surface area contributed by atoms with Crippen LogP contribution < -0.4 is 10.2 Å². The molecule has 29 heavy (non-hydrogen) atoms. The molecule has 0 saturated carbocycles. The maximum absolute atomic E-state index is 13.0. The third-order valence-electron chi connectivity index (χ3n) is 5.41. The number of carbonyl (C=O) groups excluding carboxylic acids is 3. The number of fused-ring (bicyclic) bond motifs is 1. The van der Waals surface area contributed by atoms with Crippen molar-refractivity contribution in [2.24, 2.45) is 0 Å². The molecule has 0 spiro atoms. The van der Waals surface area contributed by atoms with Gasteiger partial charge in [0, 0.05) is 24.4 Å². The molecule has 1 N–H and O–H groups in total. The number of nitrogens with zero attached hydrogens (tertiary/aromatic N) is 3. The molecule has 2 aromatic carbocycles. The highest BCUT2D eigenvalue weighted by Crippen LogP contribution is 2.31. The zero-order valence-electron chi connectivity index (χ0n) is 15.6. The molecule has 9 nitrogen and oxygen atoms in total. The molecular formula is C20H18N4O5. The monoisotopic (exact) mass is 394 g/mol. The number of hydrogen-bond donors (Lipinski definition) is 1. The number of anilines is 1. The summed E-state index contributed by atoms with van der Waals surface area (Å²) in [5.41, 5.74) is 0.739. The Kier molecular flexibility index (Phi) is 4.30. The Morgan fingerprint density at radius 1 is 1.17 bits per heavy atom. The first-order valence-corrected chi connectivity index (χ1v) is 9.08. The highest BCUT2D eigenvalue weighted by Gasteiger charge is 2.50. The predicted molar refractivity (Wildman–Crippen MR) is 103 cm³/mol. The van der Waals surface area contributed by atoms with Gasteiger partial charge in [-0.05, 0) is 42.7 Å². The van der Waals surface area contributed by atoms with Gasteiger partial charge in [-0.3, -0.25) is 24.6 Å². The Morgan fingerprint density at radius 3 is 2.55 bits per heavy atom. The summed E-state index contributed by atoms with van der Waals surface area (Å²) in [7, 11) is 0. The Hall–Kier alpha value is -3.75. The Morgan fingerprint density at radius 2 is 1.86 bits per heavy atom. The Balaban J connectivity index is 1.54. The van der Waals surface area contributed by atoms with Crippen LogP contribution in [0.4, 0.5) is 16.2 Å². The second-order valence-electron chi connectivity index (χ2n) is 7.17. The van der Waals surface area contributed by atoms with Crippen molar-refractivity contribution in [2.45, 2.75) is 18.9 Å². The third-order valence-corrected chi connectivity index (χ3v) is 5.41. The molecule has 0 radical (unpaired) electrons. The van der Waals surface area contributed by atoms with E-state index in [2.05, 4.69) is 5.32 Å². The molecule has 1 saturated heterocycles. The van der Waals surface area contributed by atoms with Crippen LogP contribution in [0.5, 0.6) is 0 Å². The SMILES string of the molecule is C[C@]1(c2ccc([N+](=O)[O-])cc2)NC(=O)N(CC(=O)N2CCc3ccccc32)C1=O. The van der Waals surface area contributed by atoms with Crippen molar-refractivity contribution in [2.75, 3.05) is 18.0 Å². The van der Waals surface area contributed by atoms with E-state index in [-0.39, 0.29) is 18.1 Å². The number of imide groups is 1. The molecule has 4 amide bonds. The van der Waals surface area contributed by atoms with E-state index in [1.54, 1.807) is 4.90 Å². The summed E-state index contributed by atoms with van der Waals surface area (Å²) in [5.74, 6) is -0.913. The number of non-ortho nitro benzene ring substituents is 1. The van der Waals surface area contributed by atoms with Gasteiger partial charge >= 0.3 is 6.03 Å². The summed E-state index contributed by atoms with van der Waals surface area (Å²) in [6, 6.07) is 12.3. The summed E-state index contributed by atoms with van der Waals surface area (Å²) >= 11 is 0. The van der Waals surface area contributed by atoms with Gasteiger partial charge in [0.25, 0.3) is 11.6 Å². The fraction of sp³-hybridized carbons (Fsp3) is 0.250. The minimum atomic E-state index is -1.39. The molecule has 2 aromatic rings. The van der Waals surface area contributed by atoms with Crippen LogP contribution in [-0.4, -0.2) is 40.8 Å². The van der Waals surface area contributed by atoms with Gasteiger partial charge in [0.15, 0.2) is 0 Å². The molecule has 1 fully saturated rings. The van der Waals surface area contributed by atoms with Crippen LogP contribution in [0.3, 0.4) is 0 Å². The van der Waals surface area contributed by atoms with E-state index in [9.17, 15) is 24.5 Å². The van der Waals surface area contributed by atoms with Gasteiger partial charge in [-0.2, -0.15) is 0 Å². The number of hydrogen-bond acceptors (Lipinski definition) is 5. The van der Waals surface area contributed by atoms with Crippen LogP contribution in [0.15, 0.2) is 48.5 Å². The van der Waals surface area contributed by atoms with Gasteiger partial charge in [0.1, 0.15) is 12.1 Å². The fourth-order valence-corrected chi connectivity index (χ4v) is 3.77. The molecule has 0 unspecified atom stereocenters. The number of nitro groups is 1. The van der Waals surface area contributed by atoms with Crippen molar-refractivity contribution in [3.8, 4) is 0 Å². The lowest BCUT2D eigenvalue weighted by atomic mass is 9.92. The predicted octanol–water partition coefficient (Wildman–Crippen LogP) is 1.95. The molecule has 4 rings (SSSR count). The number of amides is 4. The largest absolute Gasteiger partial charge is 0.325 e. The van der Waals surface area contributed by atoms with Crippen LogP contribution in [0.2, 0.25) is 0 Å². The van der Waals surface area contributed by atoms with Crippen LogP contribution in [0, 0.1) is 10.1 Å². The first kappa shape index (κ1) is 18.6. The molecule has 148 valence electrons. The number of nitro benzene ring substituents is 1. The van der Waals surface area contributed by atoms with Crippen LogP contribution >= 0.6 is 0 Å². The van der Waals surface area contributed by atoms with Crippen LogP contribution in [0.25, 0.3) is 0 Å². The lowest BCUT2D eigenvalue weighted by Gasteiger charge is -2.23. The smallest absolute Gasteiger partial charge is 0.319 e. The molecule has 9 heteroatoms. The first-order chi connectivity index (χ1) is 13.8. The van der Waals surface area contributed by atoms with Gasteiger partial charge in [0.2, 0.25) is 5.91 Å². The summed E-state index contributed by atoms with van der Waals surface area (Å²) in [6.07, 6.45) is 0.725. The summed E-state index contributed by atoms with van der Waals surface area (Å²) in [4.78, 5) is 51.0. The van der Waals surface area contributed by atoms with Crippen LogP contribution in [-0.2, 0) is 21.5 Å². The lowest BCUT2D eigenvalue weighted by Crippen LogP contribution is -2.44. The minimum Gasteiger partial charge on any atom is -0.319 e. The second-order valence-corrected chi connectivity index (χ2v) is 7.17. The molecular weight excluding hydrogens is 376 g/mol. The summed E-state index contributed by atoms with van der Waals surface area (Å²) in [6.45, 7) is 1.65. The van der Waals surface area contributed by atoms with Crippen molar-refractivity contribution in [3.63, 3.8) is 0 Å². The van der Waals surface area contributed by atoms with Gasteiger partial charge < -0.3 is 10.2 Å². The first-order valence-electron chi connectivity index (χ1n) is 9.08. The zero-order valence-corrected chi connectivity index (χ0v) is 15.6. The second kappa shape index (κ2) is 6.69. The fourth-order valence-electron chi connectivity index (χ4n) is 3.77. The van der Waals surface area contributed by atoms with Gasteiger partial charge in [-0.15, -0.1) is 0 Å². The molecule has 0 bridgehead atoms. The van der Waals surface area contributed by atoms with Crippen molar-refractivity contribution in [1.29, 1.82) is 0 Å². The number of rotatable bonds is 4. The lowest BCUT2D eigenvalue weighted by molar-refractivity contribution is -0.384. The van der Waals surface area contributed by atoms with E-state index >= 15 is 0 Å². The average Bonchev–Trinajstić information content (AvgIpc) is 3.23. The van der Waals surface area contributed by atoms with Crippen LogP contribution in [0.1, 0.15) is 18.1 Å². The van der Waals surface area contributed by atoms with E-state index in [0.29, 0.717) is 12.1 Å².